The summed E-state index contributed by atoms with van der Waals surface area (Å²) in [4.78, 5) is 35.6. The van der Waals surface area contributed by atoms with E-state index in [0.717, 1.165) is 23.0 Å². The molecule has 1 aromatic heterocycles. The average molecular weight is 555 g/mol. The summed E-state index contributed by atoms with van der Waals surface area (Å²) in [5.41, 5.74) is 2.68. The Bertz CT molecular complexity index is 1440. The van der Waals surface area contributed by atoms with Crippen LogP contribution in [0.5, 0.6) is 5.75 Å². The number of rotatable bonds is 7. The highest BCUT2D eigenvalue weighted by atomic mass is 19.4. The Morgan fingerprint density at radius 3 is 2.60 bits per heavy atom. The number of nitrogens with one attached hydrogen (secondary N) is 2. The molecule has 2 N–H and O–H groups in total. The van der Waals surface area contributed by atoms with E-state index in [1.807, 2.05) is 18.2 Å². The Morgan fingerprint density at radius 2 is 1.90 bits per heavy atom. The fraction of sp³-hybridized carbons (Fsp3) is 0.357. The number of fused-ring (bicyclic) bond motifs is 1. The molecule has 3 heterocycles. The molecule has 0 atom stereocenters. The summed E-state index contributed by atoms with van der Waals surface area (Å²) < 4.78 is 47.0. The largest absolute Gasteiger partial charge is 0.494 e. The van der Waals surface area contributed by atoms with Crippen molar-refractivity contribution in [2.45, 2.75) is 32.4 Å². The Balaban J connectivity index is 1.35. The van der Waals surface area contributed by atoms with E-state index >= 15 is 0 Å². The van der Waals surface area contributed by atoms with Crippen molar-refractivity contribution in [3.63, 3.8) is 0 Å². The minimum atomic E-state index is -4.62. The van der Waals surface area contributed by atoms with E-state index in [0.29, 0.717) is 43.3 Å². The number of piperazine rings is 1. The lowest BCUT2D eigenvalue weighted by Gasteiger charge is -2.35. The van der Waals surface area contributed by atoms with E-state index in [2.05, 4.69) is 25.5 Å². The molecule has 0 radical (unpaired) electrons. The van der Waals surface area contributed by atoms with Crippen molar-refractivity contribution in [3.8, 4) is 5.75 Å². The first-order valence-corrected chi connectivity index (χ1v) is 12.9. The first-order valence-electron chi connectivity index (χ1n) is 12.9. The number of anilines is 4. The molecule has 0 bridgehead atoms. The van der Waals surface area contributed by atoms with Crippen LogP contribution in [-0.4, -0.2) is 60.0 Å². The molecule has 1 saturated heterocycles. The van der Waals surface area contributed by atoms with Crippen molar-refractivity contribution in [1.29, 1.82) is 0 Å². The van der Waals surface area contributed by atoms with Crippen molar-refractivity contribution < 1.29 is 27.5 Å². The molecule has 2 amide bonds. The number of aromatic nitrogens is 2. The lowest BCUT2D eigenvalue weighted by Crippen LogP contribution is -2.48. The van der Waals surface area contributed by atoms with Crippen LogP contribution in [0.15, 0.2) is 42.6 Å². The van der Waals surface area contributed by atoms with Gasteiger partial charge < -0.3 is 25.2 Å². The fourth-order valence-corrected chi connectivity index (χ4v) is 5.09. The number of methoxy groups -OCH3 is 1. The van der Waals surface area contributed by atoms with Crippen LogP contribution in [0.3, 0.4) is 0 Å². The molecule has 9 nitrogen and oxygen atoms in total. The SMILES string of the molecule is COc1cc(N2CCN(C(C)=O)CC2)ccc1Nc1ncc(C(F)(F)F)c(CCc2cccc3c2CC(=O)N3)n1. The van der Waals surface area contributed by atoms with Crippen molar-refractivity contribution in [2.75, 3.05) is 48.8 Å². The van der Waals surface area contributed by atoms with E-state index < -0.39 is 11.7 Å². The third-order valence-corrected chi connectivity index (χ3v) is 7.21. The number of alkyl halides is 3. The molecule has 0 spiro atoms. The third-order valence-electron chi connectivity index (χ3n) is 7.21. The van der Waals surface area contributed by atoms with Gasteiger partial charge in [0, 0.05) is 56.7 Å². The molecule has 12 heteroatoms. The Hall–Kier alpha value is -4.35. The molecular formula is C28H29F3N6O3. The van der Waals surface area contributed by atoms with Crippen molar-refractivity contribution >= 4 is 34.8 Å². The maximum Gasteiger partial charge on any atom is 0.419 e. The van der Waals surface area contributed by atoms with Gasteiger partial charge in [0.15, 0.2) is 0 Å². The molecule has 2 aromatic carbocycles. The number of benzene rings is 2. The van der Waals surface area contributed by atoms with Crippen LogP contribution >= 0.6 is 0 Å². The smallest absolute Gasteiger partial charge is 0.419 e. The number of amides is 2. The van der Waals surface area contributed by atoms with Gasteiger partial charge in [-0.2, -0.15) is 13.2 Å². The summed E-state index contributed by atoms with van der Waals surface area (Å²) in [5.74, 6) is 0.408. The second kappa shape index (κ2) is 11.0. The monoisotopic (exact) mass is 554 g/mol. The van der Waals surface area contributed by atoms with Crippen LogP contribution in [-0.2, 0) is 35.0 Å². The topological polar surface area (TPSA) is 99.7 Å². The quantitative estimate of drug-likeness (QED) is 0.452. The number of nitrogens with zero attached hydrogens (tertiary/aromatic N) is 4. The number of ether oxygens (including phenoxy) is 1. The normalized spacial score (nSPS) is 15.1. The molecule has 210 valence electrons. The summed E-state index contributed by atoms with van der Waals surface area (Å²) in [6, 6.07) is 10.9. The molecule has 0 aliphatic carbocycles. The second-order valence-corrected chi connectivity index (χ2v) is 9.72. The van der Waals surface area contributed by atoms with Crippen LogP contribution in [0.4, 0.5) is 36.2 Å². The third kappa shape index (κ3) is 5.80. The van der Waals surface area contributed by atoms with Gasteiger partial charge in [0.05, 0.1) is 30.5 Å². The van der Waals surface area contributed by atoms with E-state index in [4.69, 9.17) is 4.74 Å². The van der Waals surface area contributed by atoms with Gasteiger partial charge in [0.25, 0.3) is 0 Å². The molecule has 0 saturated carbocycles. The van der Waals surface area contributed by atoms with Crippen molar-refractivity contribution in [2.24, 2.45) is 0 Å². The zero-order valence-corrected chi connectivity index (χ0v) is 22.1. The van der Waals surface area contributed by atoms with Gasteiger partial charge >= 0.3 is 6.18 Å². The van der Waals surface area contributed by atoms with Crippen LogP contribution in [0.2, 0.25) is 0 Å². The standard InChI is InChI=1S/C28H29F3N6O3/c1-17(38)36-10-12-37(13-11-36)19-7-9-24(25(14-19)40-2)35-27-32-16-21(28(29,30)31)23(34-27)8-6-18-4-3-5-22-20(18)15-26(39)33-22/h3-5,7,9,14,16H,6,8,10-13,15H2,1-2H3,(H,33,39)(H,32,34,35). The highest BCUT2D eigenvalue weighted by Gasteiger charge is 2.35. The molecule has 3 aromatic rings. The Labute approximate surface area is 229 Å². The fourth-order valence-electron chi connectivity index (χ4n) is 5.09. The molecule has 2 aliphatic rings. The second-order valence-electron chi connectivity index (χ2n) is 9.72. The van der Waals surface area contributed by atoms with Crippen LogP contribution < -0.4 is 20.3 Å². The summed E-state index contributed by atoms with van der Waals surface area (Å²) in [6.07, 6.45) is -3.32. The Kier molecular flexibility index (Phi) is 7.51. The highest BCUT2D eigenvalue weighted by molar-refractivity contribution is 5.99. The van der Waals surface area contributed by atoms with Crippen LogP contribution in [0.25, 0.3) is 0 Å². The first-order chi connectivity index (χ1) is 19.1. The molecule has 5 rings (SSSR count). The highest BCUT2D eigenvalue weighted by Crippen LogP contribution is 2.35. The van der Waals surface area contributed by atoms with Gasteiger partial charge in [-0.3, -0.25) is 9.59 Å². The lowest BCUT2D eigenvalue weighted by atomic mass is 9.98. The van der Waals surface area contributed by atoms with Crippen LogP contribution in [0, 0.1) is 0 Å². The lowest BCUT2D eigenvalue weighted by molar-refractivity contribution is -0.138. The van der Waals surface area contributed by atoms with Crippen molar-refractivity contribution in [1.82, 2.24) is 14.9 Å². The number of halogens is 3. The maximum atomic E-state index is 13.8. The molecule has 0 unspecified atom stereocenters. The molecule has 2 aliphatic heterocycles. The summed E-state index contributed by atoms with van der Waals surface area (Å²) in [6.45, 7) is 4.16. The van der Waals surface area contributed by atoms with E-state index in [9.17, 15) is 22.8 Å². The first kappa shape index (κ1) is 27.2. The summed E-state index contributed by atoms with van der Waals surface area (Å²) in [7, 11) is 1.51. The van der Waals surface area contributed by atoms with E-state index in [1.54, 1.807) is 30.0 Å². The van der Waals surface area contributed by atoms with Gasteiger partial charge in [-0.15, -0.1) is 0 Å². The van der Waals surface area contributed by atoms with Gasteiger partial charge in [-0.05, 0) is 42.2 Å². The Morgan fingerprint density at radius 1 is 1.12 bits per heavy atom. The van der Waals surface area contributed by atoms with Gasteiger partial charge in [0.2, 0.25) is 17.8 Å². The minimum absolute atomic E-state index is 0.0129. The van der Waals surface area contributed by atoms with Gasteiger partial charge in [-0.25, -0.2) is 9.97 Å². The number of hydrogen-bond donors (Lipinski definition) is 2. The number of carbonyl (C=O) groups excluding carboxylic acids is 2. The predicted molar refractivity (Wildman–Crippen MR) is 144 cm³/mol. The molecular weight excluding hydrogens is 525 g/mol. The number of carbonyl (C=O) groups is 2. The minimum Gasteiger partial charge on any atom is -0.494 e. The van der Waals surface area contributed by atoms with Gasteiger partial charge in [0.1, 0.15) is 5.75 Å². The maximum absolute atomic E-state index is 13.8. The van der Waals surface area contributed by atoms with E-state index in [1.165, 1.54) is 7.11 Å². The van der Waals surface area contributed by atoms with Gasteiger partial charge in [-0.1, -0.05) is 12.1 Å². The zero-order valence-electron chi connectivity index (χ0n) is 22.1. The average Bonchev–Trinajstić information content (AvgIpc) is 3.32. The number of hydrogen-bond acceptors (Lipinski definition) is 7. The predicted octanol–water partition coefficient (Wildman–Crippen LogP) is 4.20. The van der Waals surface area contributed by atoms with Crippen LogP contribution in [0.1, 0.15) is 29.3 Å². The molecule has 40 heavy (non-hydrogen) atoms. The molecule has 1 fully saturated rings. The summed E-state index contributed by atoms with van der Waals surface area (Å²) >= 11 is 0. The van der Waals surface area contributed by atoms with Crippen molar-refractivity contribution in [3.05, 3.63) is 65.0 Å². The zero-order chi connectivity index (χ0) is 28.4. The number of aryl methyl sites for hydroxylation is 2. The summed E-state index contributed by atoms with van der Waals surface area (Å²) in [5, 5.41) is 5.76. The van der Waals surface area contributed by atoms with E-state index in [-0.39, 0.29) is 42.7 Å².